The quantitative estimate of drug-likeness (QED) is 0.713. The molecule has 2 N–H and O–H groups in total. The maximum absolute atomic E-state index is 9.73. The first-order chi connectivity index (χ1) is 10.7. The maximum Gasteiger partial charge on any atom is 0.218 e. The minimum absolute atomic E-state index is 0.182. The van der Waals surface area contributed by atoms with Gasteiger partial charge in [-0.1, -0.05) is 18.2 Å². The highest BCUT2D eigenvalue weighted by Crippen LogP contribution is 2.40. The Kier molecular flexibility index (Phi) is 3.84. The number of hydrogen-bond donors (Lipinski definition) is 2. The maximum atomic E-state index is 9.73. The summed E-state index contributed by atoms with van der Waals surface area (Å²) >= 11 is 1.24. The molecule has 1 heterocycles. The van der Waals surface area contributed by atoms with Gasteiger partial charge in [-0.2, -0.15) is 4.68 Å². The molecule has 0 aliphatic carbocycles. The minimum atomic E-state index is -0.297. The molecule has 0 radical (unpaired) electrons. The number of hydrogen-bond acceptors (Lipinski definition) is 7. The Morgan fingerprint density at radius 2 is 1.91 bits per heavy atom. The predicted molar refractivity (Wildman–Crippen MR) is 79.6 cm³/mol. The average molecular weight is 316 g/mol. The van der Waals surface area contributed by atoms with Crippen LogP contribution in [-0.4, -0.2) is 37.5 Å². The lowest BCUT2D eigenvalue weighted by Crippen LogP contribution is -1.98. The van der Waals surface area contributed by atoms with Crippen molar-refractivity contribution < 1.29 is 14.9 Å². The van der Waals surface area contributed by atoms with Crippen molar-refractivity contribution in [3.05, 3.63) is 42.5 Å². The topological polar surface area (TPSA) is 93.3 Å². The number of aromatic hydroxyl groups is 2. The van der Waals surface area contributed by atoms with Crippen molar-refractivity contribution in [3.8, 4) is 22.9 Å². The lowest BCUT2D eigenvalue weighted by atomic mass is 10.3. The Hall–Kier alpha value is -2.74. The van der Waals surface area contributed by atoms with E-state index in [0.717, 1.165) is 5.69 Å². The van der Waals surface area contributed by atoms with E-state index >= 15 is 0 Å². The van der Waals surface area contributed by atoms with Crippen LogP contribution in [0.2, 0.25) is 0 Å². The molecule has 0 atom stereocenters. The molecule has 22 heavy (non-hydrogen) atoms. The van der Waals surface area contributed by atoms with Crippen LogP contribution in [0.15, 0.2) is 52.5 Å². The summed E-state index contributed by atoms with van der Waals surface area (Å²) in [5, 5.41) is 31.5. The van der Waals surface area contributed by atoms with E-state index in [9.17, 15) is 10.2 Å². The highest BCUT2D eigenvalue weighted by Gasteiger charge is 2.14. The van der Waals surface area contributed by atoms with Gasteiger partial charge in [0.2, 0.25) is 10.9 Å². The molecule has 0 aliphatic heterocycles. The minimum Gasteiger partial charge on any atom is -0.504 e. The summed E-state index contributed by atoms with van der Waals surface area (Å²) in [4.78, 5) is 0.638. The number of phenols is 2. The Labute approximate surface area is 130 Å². The van der Waals surface area contributed by atoms with Crippen LogP contribution < -0.4 is 4.74 Å². The van der Waals surface area contributed by atoms with E-state index in [2.05, 4.69) is 15.5 Å². The predicted octanol–water partition coefficient (Wildman–Crippen LogP) is 2.23. The molecule has 3 rings (SSSR count). The fraction of sp³-hybridized carbons (Fsp3) is 0.0714. The second-order valence-electron chi connectivity index (χ2n) is 4.30. The third-order valence-corrected chi connectivity index (χ3v) is 3.81. The Balaban J connectivity index is 1.95. The lowest BCUT2D eigenvalue weighted by Gasteiger charge is -2.08. The first-order valence-electron chi connectivity index (χ1n) is 6.30. The molecular formula is C14H12N4O3S. The van der Waals surface area contributed by atoms with Crippen LogP contribution in [0.4, 0.5) is 0 Å². The molecule has 2 aromatic carbocycles. The Morgan fingerprint density at radius 1 is 1.14 bits per heavy atom. The fourth-order valence-electron chi connectivity index (χ4n) is 1.86. The molecule has 1 aromatic heterocycles. The van der Waals surface area contributed by atoms with Gasteiger partial charge in [-0.3, -0.25) is 0 Å². The largest absolute Gasteiger partial charge is 0.504 e. The third-order valence-electron chi connectivity index (χ3n) is 2.90. The van der Waals surface area contributed by atoms with E-state index in [1.54, 1.807) is 10.7 Å². The van der Waals surface area contributed by atoms with Crippen LogP contribution >= 0.6 is 11.8 Å². The number of aromatic nitrogens is 4. The van der Waals surface area contributed by atoms with E-state index < -0.39 is 0 Å². The molecule has 8 heteroatoms. The summed E-state index contributed by atoms with van der Waals surface area (Å²) < 4.78 is 6.60. The van der Waals surface area contributed by atoms with Crippen LogP contribution in [0.5, 0.6) is 17.2 Å². The van der Waals surface area contributed by atoms with Crippen LogP contribution in [0.3, 0.4) is 0 Å². The van der Waals surface area contributed by atoms with E-state index in [-0.39, 0.29) is 17.2 Å². The molecule has 7 nitrogen and oxygen atoms in total. The number of para-hydroxylation sites is 1. The lowest BCUT2D eigenvalue weighted by molar-refractivity contribution is 0.349. The number of rotatable bonds is 4. The number of ether oxygens (including phenoxy) is 1. The SMILES string of the molecule is COc1cc(Sc2nnnn2-c2ccccc2)cc(O)c1O. The standard InChI is InChI=1S/C14H12N4O3S/c1-21-12-8-10(7-11(19)13(12)20)22-14-15-16-17-18(14)9-5-3-2-4-6-9/h2-8,19-20H,1H3. The Morgan fingerprint density at radius 3 is 2.64 bits per heavy atom. The van der Waals surface area contributed by atoms with Crippen LogP contribution in [0.25, 0.3) is 5.69 Å². The molecule has 112 valence electrons. The zero-order valence-corrected chi connectivity index (χ0v) is 12.4. The molecule has 0 saturated carbocycles. The average Bonchev–Trinajstić information content (AvgIpc) is 2.99. The van der Waals surface area contributed by atoms with Gasteiger partial charge in [-0.15, -0.1) is 5.10 Å². The highest BCUT2D eigenvalue weighted by atomic mass is 32.2. The molecule has 0 unspecified atom stereocenters. The van der Waals surface area contributed by atoms with Gasteiger partial charge in [0.05, 0.1) is 12.8 Å². The molecule has 0 saturated heterocycles. The molecular weight excluding hydrogens is 304 g/mol. The molecule has 0 bridgehead atoms. The van der Waals surface area contributed by atoms with Crippen molar-refractivity contribution in [1.82, 2.24) is 20.2 Å². The number of phenolic OH excluding ortho intramolecular Hbond substituents is 2. The normalized spacial score (nSPS) is 10.6. The van der Waals surface area contributed by atoms with Crippen molar-refractivity contribution in [3.63, 3.8) is 0 Å². The number of benzene rings is 2. The van der Waals surface area contributed by atoms with E-state index in [1.165, 1.54) is 24.9 Å². The number of tetrazole rings is 1. The summed E-state index contributed by atoms with van der Waals surface area (Å²) in [7, 11) is 1.41. The second kappa shape index (κ2) is 5.94. The van der Waals surface area contributed by atoms with Gasteiger partial charge >= 0.3 is 0 Å². The zero-order valence-electron chi connectivity index (χ0n) is 11.5. The molecule has 0 aliphatic rings. The van der Waals surface area contributed by atoms with Crippen molar-refractivity contribution in [2.24, 2.45) is 0 Å². The smallest absolute Gasteiger partial charge is 0.218 e. The van der Waals surface area contributed by atoms with Crippen molar-refractivity contribution in [2.45, 2.75) is 10.1 Å². The van der Waals surface area contributed by atoms with Gasteiger partial charge in [0.25, 0.3) is 0 Å². The first kappa shape index (κ1) is 14.2. The van der Waals surface area contributed by atoms with Crippen molar-refractivity contribution in [2.75, 3.05) is 7.11 Å². The summed E-state index contributed by atoms with van der Waals surface area (Å²) in [6.07, 6.45) is 0. The van der Waals surface area contributed by atoms with E-state index in [4.69, 9.17) is 4.74 Å². The summed E-state index contributed by atoms with van der Waals surface area (Å²) in [5.41, 5.74) is 0.824. The monoisotopic (exact) mass is 316 g/mol. The van der Waals surface area contributed by atoms with Gasteiger partial charge in [-0.05, 0) is 46.5 Å². The molecule has 0 spiro atoms. The zero-order chi connectivity index (χ0) is 15.5. The van der Waals surface area contributed by atoms with Crippen molar-refractivity contribution >= 4 is 11.8 Å². The summed E-state index contributed by atoms with van der Waals surface area (Å²) in [6.45, 7) is 0. The van der Waals surface area contributed by atoms with Gasteiger partial charge in [0.15, 0.2) is 11.5 Å². The van der Waals surface area contributed by atoms with Gasteiger partial charge in [0, 0.05) is 4.90 Å². The fourth-order valence-corrected chi connectivity index (χ4v) is 2.72. The molecule has 3 aromatic rings. The van der Waals surface area contributed by atoms with Crippen molar-refractivity contribution in [1.29, 1.82) is 0 Å². The summed E-state index contributed by atoms with van der Waals surface area (Å²) in [5.74, 6) is -0.378. The number of methoxy groups -OCH3 is 1. The van der Waals surface area contributed by atoms with Gasteiger partial charge < -0.3 is 14.9 Å². The van der Waals surface area contributed by atoms with E-state index in [1.807, 2.05) is 30.3 Å². The third kappa shape index (κ3) is 2.68. The Bertz CT molecular complexity index is 792. The van der Waals surface area contributed by atoms with Crippen LogP contribution in [-0.2, 0) is 0 Å². The van der Waals surface area contributed by atoms with Gasteiger partial charge in [0.1, 0.15) is 0 Å². The highest BCUT2D eigenvalue weighted by molar-refractivity contribution is 7.99. The summed E-state index contributed by atoms with van der Waals surface area (Å²) in [6, 6.07) is 12.5. The molecule has 0 amide bonds. The van der Waals surface area contributed by atoms with Crippen LogP contribution in [0, 0.1) is 0 Å². The number of nitrogens with zero attached hydrogens (tertiary/aromatic N) is 4. The van der Waals surface area contributed by atoms with E-state index in [0.29, 0.717) is 10.1 Å². The first-order valence-corrected chi connectivity index (χ1v) is 7.12. The van der Waals surface area contributed by atoms with Crippen LogP contribution in [0.1, 0.15) is 0 Å². The second-order valence-corrected chi connectivity index (χ2v) is 5.34. The van der Waals surface area contributed by atoms with Gasteiger partial charge in [-0.25, -0.2) is 0 Å². The molecule has 0 fully saturated rings.